The van der Waals surface area contributed by atoms with Crippen molar-refractivity contribution >= 4 is 0 Å². The van der Waals surface area contributed by atoms with E-state index < -0.39 is 0 Å². The van der Waals surface area contributed by atoms with Crippen molar-refractivity contribution in [1.29, 1.82) is 0 Å². The molecule has 1 rings (SSSR count). The van der Waals surface area contributed by atoms with Crippen LogP contribution in [0.25, 0.3) is 0 Å². The maximum absolute atomic E-state index is 9.23. The summed E-state index contributed by atoms with van der Waals surface area (Å²) in [5, 5.41) is 9.23. The fraction of sp³-hybridized carbons (Fsp3) is 1.00. The Morgan fingerprint density at radius 1 is 1.33 bits per heavy atom. The Morgan fingerprint density at radius 3 is 2.60 bits per heavy atom. The zero-order chi connectivity index (χ0) is 11.4. The molecule has 2 nitrogen and oxygen atoms in total. The van der Waals surface area contributed by atoms with E-state index in [1.807, 2.05) is 6.92 Å². The molecule has 1 heterocycles. The van der Waals surface area contributed by atoms with Gasteiger partial charge in [-0.2, -0.15) is 0 Å². The van der Waals surface area contributed by atoms with Crippen LogP contribution in [-0.4, -0.2) is 35.2 Å². The third-order valence-electron chi connectivity index (χ3n) is 3.79. The zero-order valence-electron chi connectivity index (χ0n) is 10.7. The molecule has 90 valence electrons. The third-order valence-corrected chi connectivity index (χ3v) is 3.79. The second-order valence-electron chi connectivity index (χ2n) is 5.54. The average Bonchev–Trinajstić information content (AvgIpc) is 2.12. The minimum atomic E-state index is -0.139. The second-order valence-corrected chi connectivity index (χ2v) is 5.54. The minimum Gasteiger partial charge on any atom is -0.393 e. The fourth-order valence-electron chi connectivity index (χ4n) is 2.72. The molecule has 0 saturated carbocycles. The van der Waals surface area contributed by atoms with Crippen LogP contribution in [0.4, 0.5) is 0 Å². The summed E-state index contributed by atoms with van der Waals surface area (Å²) in [7, 11) is 0. The Morgan fingerprint density at radius 2 is 2.00 bits per heavy atom. The predicted molar refractivity (Wildman–Crippen MR) is 64.9 cm³/mol. The molecule has 1 aliphatic heterocycles. The van der Waals surface area contributed by atoms with Crippen LogP contribution in [0.5, 0.6) is 0 Å². The lowest BCUT2D eigenvalue weighted by Gasteiger charge is -2.41. The molecule has 0 aliphatic carbocycles. The molecule has 15 heavy (non-hydrogen) atoms. The van der Waals surface area contributed by atoms with Crippen molar-refractivity contribution in [3.8, 4) is 0 Å². The topological polar surface area (TPSA) is 23.5 Å². The van der Waals surface area contributed by atoms with Gasteiger partial charge in [-0.1, -0.05) is 13.8 Å². The molecule has 4 atom stereocenters. The molecule has 1 aliphatic rings. The van der Waals surface area contributed by atoms with Crippen LogP contribution in [0.2, 0.25) is 0 Å². The molecule has 0 aromatic heterocycles. The van der Waals surface area contributed by atoms with Crippen LogP contribution in [0.3, 0.4) is 0 Å². The SMILES string of the molecule is CC(O)CCCN1CC(C)CC(C)C1C. The van der Waals surface area contributed by atoms with Crippen molar-refractivity contribution in [3.63, 3.8) is 0 Å². The van der Waals surface area contributed by atoms with E-state index in [9.17, 15) is 5.11 Å². The van der Waals surface area contributed by atoms with Crippen molar-refractivity contribution in [2.24, 2.45) is 11.8 Å². The summed E-state index contributed by atoms with van der Waals surface area (Å²) in [5.74, 6) is 1.66. The molecule has 0 aromatic rings. The number of rotatable bonds is 4. The Bertz CT molecular complexity index is 181. The van der Waals surface area contributed by atoms with Gasteiger partial charge in [0, 0.05) is 12.6 Å². The summed E-state index contributed by atoms with van der Waals surface area (Å²) in [5.41, 5.74) is 0. The summed E-state index contributed by atoms with van der Waals surface area (Å²) < 4.78 is 0. The molecule has 2 heteroatoms. The van der Waals surface area contributed by atoms with Gasteiger partial charge in [-0.25, -0.2) is 0 Å². The minimum absolute atomic E-state index is 0.139. The molecule has 0 spiro atoms. The van der Waals surface area contributed by atoms with Gasteiger partial charge in [0.1, 0.15) is 0 Å². The zero-order valence-corrected chi connectivity index (χ0v) is 10.7. The second kappa shape index (κ2) is 5.86. The van der Waals surface area contributed by atoms with Crippen LogP contribution >= 0.6 is 0 Å². The van der Waals surface area contributed by atoms with Gasteiger partial charge in [-0.05, 0) is 51.5 Å². The fourth-order valence-corrected chi connectivity index (χ4v) is 2.72. The van der Waals surface area contributed by atoms with Gasteiger partial charge >= 0.3 is 0 Å². The van der Waals surface area contributed by atoms with Gasteiger partial charge in [0.15, 0.2) is 0 Å². The van der Waals surface area contributed by atoms with Gasteiger partial charge in [-0.3, -0.25) is 0 Å². The van der Waals surface area contributed by atoms with Gasteiger partial charge < -0.3 is 10.0 Å². The highest BCUT2D eigenvalue weighted by molar-refractivity contribution is 4.81. The van der Waals surface area contributed by atoms with E-state index in [2.05, 4.69) is 25.7 Å². The number of piperidine rings is 1. The summed E-state index contributed by atoms with van der Waals surface area (Å²) in [4.78, 5) is 2.60. The Kier molecular flexibility index (Phi) is 5.07. The Labute approximate surface area is 94.7 Å². The molecule has 0 radical (unpaired) electrons. The first-order valence-electron chi connectivity index (χ1n) is 6.42. The molecular weight excluding hydrogens is 186 g/mol. The van der Waals surface area contributed by atoms with Crippen molar-refractivity contribution in [2.45, 2.75) is 59.1 Å². The first-order valence-corrected chi connectivity index (χ1v) is 6.42. The number of nitrogens with zero attached hydrogens (tertiary/aromatic N) is 1. The van der Waals surface area contributed by atoms with Crippen LogP contribution in [0.1, 0.15) is 47.0 Å². The number of hydrogen-bond acceptors (Lipinski definition) is 2. The maximum atomic E-state index is 9.23. The highest BCUT2D eigenvalue weighted by Gasteiger charge is 2.27. The smallest absolute Gasteiger partial charge is 0.0512 e. The average molecular weight is 213 g/mol. The van der Waals surface area contributed by atoms with E-state index in [1.54, 1.807) is 0 Å². The summed E-state index contributed by atoms with van der Waals surface area (Å²) in [6.45, 7) is 11.3. The van der Waals surface area contributed by atoms with Gasteiger partial charge in [0.2, 0.25) is 0 Å². The van der Waals surface area contributed by atoms with E-state index in [0.29, 0.717) is 0 Å². The van der Waals surface area contributed by atoms with Gasteiger partial charge in [0.25, 0.3) is 0 Å². The number of aliphatic hydroxyl groups excluding tert-OH is 1. The molecule has 4 unspecified atom stereocenters. The predicted octanol–water partition coefficient (Wildman–Crippen LogP) is 2.51. The van der Waals surface area contributed by atoms with Crippen molar-refractivity contribution in [2.75, 3.05) is 13.1 Å². The largest absolute Gasteiger partial charge is 0.393 e. The van der Waals surface area contributed by atoms with Gasteiger partial charge in [-0.15, -0.1) is 0 Å². The van der Waals surface area contributed by atoms with Gasteiger partial charge in [0.05, 0.1) is 6.10 Å². The molecule has 1 saturated heterocycles. The van der Waals surface area contributed by atoms with E-state index in [1.165, 1.54) is 13.0 Å². The van der Waals surface area contributed by atoms with E-state index in [-0.39, 0.29) is 6.10 Å². The van der Waals surface area contributed by atoms with Crippen LogP contribution in [0.15, 0.2) is 0 Å². The first-order chi connectivity index (χ1) is 7.00. The molecule has 0 amide bonds. The Balaban J connectivity index is 2.32. The quantitative estimate of drug-likeness (QED) is 0.775. The van der Waals surface area contributed by atoms with Crippen molar-refractivity contribution in [3.05, 3.63) is 0 Å². The molecule has 0 aromatic carbocycles. The lowest BCUT2D eigenvalue weighted by molar-refractivity contribution is 0.0733. The monoisotopic (exact) mass is 213 g/mol. The van der Waals surface area contributed by atoms with Crippen LogP contribution in [0, 0.1) is 11.8 Å². The molecule has 1 fully saturated rings. The standard InChI is InChI=1S/C13H27NO/c1-10-8-11(2)13(4)14(9-10)7-5-6-12(3)15/h10-13,15H,5-9H2,1-4H3. The number of hydrogen-bond donors (Lipinski definition) is 1. The van der Waals surface area contributed by atoms with Crippen molar-refractivity contribution < 1.29 is 5.11 Å². The molecular formula is C13H27NO. The van der Waals surface area contributed by atoms with Crippen LogP contribution < -0.4 is 0 Å². The molecule has 1 N–H and O–H groups in total. The third kappa shape index (κ3) is 4.12. The Hall–Kier alpha value is -0.0800. The number of likely N-dealkylation sites (tertiary alicyclic amines) is 1. The summed E-state index contributed by atoms with van der Waals surface area (Å²) >= 11 is 0. The number of aliphatic hydroxyl groups is 1. The molecule has 0 bridgehead atoms. The van der Waals surface area contributed by atoms with Crippen molar-refractivity contribution in [1.82, 2.24) is 4.90 Å². The van der Waals surface area contributed by atoms with E-state index >= 15 is 0 Å². The van der Waals surface area contributed by atoms with Crippen LogP contribution in [-0.2, 0) is 0 Å². The first kappa shape index (κ1) is 13.0. The maximum Gasteiger partial charge on any atom is 0.0512 e. The summed E-state index contributed by atoms with van der Waals surface area (Å²) in [6.07, 6.45) is 3.29. The normalized spacial score (nSPS) is 35.4. The van der Waals surface area contributed by atoms with E-state index in [0.717, 1.165) is 37.3 Å². The summed E-state index contributed by atoms with van der Waals surface area (Å²) in [6, 6.07) is 0.718. The highest BCUT2D eigenvalue weighted by Crippen LogP contribution is 2.26. The van der Waals surface area contributed by atoms with E-state index in [4.69, 9.17) is 0 Å². The lowest BCUT2D eigenvalue weighted by atomic mass is 9.86. The highest BCUT2D eigenvalue weighted by atomic mass is 16.3. The lowest BCUT2D eigenvalue weighted by Crippen LogP contribution is -2.46.